The minimum Gasteiger partial charge on any atom is -0.424 e. The number of benzene rings is 1. The van der Waals surface area contributed by atoms with Crippen molar-refractivity contribution in [3.63, 3.8) is 0 Å². The average Bonchev–Trinajstić information content (AvgIpc) is 2.39. The van der Waals surface area contributed by atoms with Crippen molar-refractivity contribution in [2.24, 2.45) is 5.73 Å². The first-order chi connectivity index (χ1) is 9.00. The quantitative estimate of drug-likeness (QED) is 0.918. The molecule has 1 aromatic carbocycles. The zero-order valence-corrected chi connectivity index (χ0v) is 11.6. The number of ether oxygens (including phenoxy) is 1. The van der Waals surface area contributed by atoms with Crippen LogP contribution in [-0.2, 0) is 12.0 Å². The fourth-order valence-corrected chi connectivity index (χ4v) is 1.77. The number of para-hydroxylation sites is 1. The van der Waals surface area contributed by atoms with Crippen LogP contribution in [0, 0.1) is 0 Å². The molecular weight excluding hydrogens is 238 g/mol. The lowest BCUT2D eigenvalue weighted by atomic mass is 9.86. The van der Waals surface area contributed by atoms with Gasteiger partial charge in [0, 0.05) is 30.1 Å². The van der Waals surface area contributed by atoms with Gasteiger partial charge in [-0.1, -0.05) is 39.0 Å². The van der Waals surface area contributed by atoms with Gasteiger partial charge >= 0.3 is 6.01 Å². The first kappa shape index (κ1) is 13.5. The van der Waals surface area contributed by atoms with Crippen LogP contribution in [0.3, 0.4) is 0 Å². The summed E-state index contributed by atoms with van der Waals surface area (Å²) in [6.45, 7) is 6.87. The van der Waals surface area contributed by atoms with Crippen LogP contribution in [0.25, 0.3) is 0 Å². The largest absolute Gasteiger partial charge is 0.424 e. The summed E-state index contributed by atoms with van der Waals surface area (Å²) in [6, 6.07) is 8.28. The molecule has 0 fully saturated rings. The fraction of sp³-hybridized carbons (Fsp3) is 0.333. The van der Waals surface area contributed by atoms with Crippen LogP contribution >= 0.6 is 0 Å². The summed E-state index contributed by atoms with van der Waals surface area (Å²) >= 11 is 0. The van der Waals surface area contributed by atoms with Gasteiger partial charge in [0.15, 0.2) is 0 Å². The summed E-state index contributed by atoms with van der Waals surface area (Å²) < 4.78 is 5.77. The lowest BCUT2D eigenvalue weighted by Gasteiger charge is -2.21. The van der Waals surface area contributed by atoms with Gasteiger partial charge in [0.05, 0.1) is 0 Å². The summed E-state index contributed by atoms with van der Waals surface area (Å²) in [7, 11) is 0. The third-order valence-corrected chi connectivity index (χ3v) is 2.81. The van der Waals surface area contributed by atoms with Crippen LogP contribution in [-0.4, -0.2) is 9.97 Å². The fourth-order valence-electron chi connectivity index (χ4n) is 1.77. The standard InChI is InChI=1S/C15H19N3O/c1-15(2,3)12-6-4-5-7-13(12)19-14-17-9-11(8-16)10-18-14/h4-7,9-10H,8,16H2,1-3H3. The molecule has 2 rings (SSSR count). The molecule has 0 radical (unpaired) electrons. The van der Waals surface area contributed by atoms with Gasteiger partial charge < -0.3 is 10.5 Å². The highest BCUT2D eigenvalue weighted by Gasteiger charge is 2.19. The Balaban J connectivity index is 2.28. The molecule has 0 saturated carbocycles. The molecule has 0 spiro atoms. The van der Waals surface area contributed by atoms with Crippen molar-refractivity contribution < 1.29 is 4.74 Å². The van der Waals surface area contributed by atoms with Crippen LogP contribution in [0.2, 0.25) is 0 Å². The van der Waals surface area contributed by atoms with E-state index in [-0.39, 0.29) is 5.41 Å². The molecular formula is C15H19N3O. The maximum Gasteiger partial charge on any atom is 0.321 e. The van der Waals surface area contributed by atoms with Gasteiger partial charge in [-0.15, -0.1) is 0 Å². The first-order valence-corrected chi connectivity index (χ1v) is 6.29. The highest BCUT2D eigenvalue weighted by atomic mass is 16.5. The van der Waals surface area contributed by atoms with E-state index in [0.717, 1.165) is 16.9 Å². The molecule has 1 aromatic heterocycles. The highest BCUT2D eigenvalue weighted by molar-refractivity contribution is 5.39. The maximum atomic E-state index is 5.77. The summed E-state index contributed by atoms with van der Waals surface area (Å²) in [4.78, 5) is 8.31. The number of hydrogen-bond donors (Lipinski definition) is 1. The third-order valence-electron chi connectivity index (χ3n) is 2.81. The number of nitrogens with zero attached hydrogens (tertiary/aromatic N) is 2. The number of nitrogens with two attached hydrogens (primary N) is 1. The Kier molecular flexibility index (Phi) is 3.81. The van der Waals surface area contributed by atoms with Crippen molar-refractivity contribution in [3.05, 3.63) is 47.8 Å². The van der Waals surface area contributed by atoms with Crippen LogP contribution in [0.15, 0.2) is 36.7 Å². The first-order valence-electron chi connectivity index (χ1n) is 6.29. The molecule has 100 valence electrons. The number of aromatic nitrogens is 2. The Morgan fingerprint density at radius 3 is 2.32 bits per heavy atom. The maximum absolute atomic E-state index is 5.77. The van der Waals surface area contributed by atoms with Crippen LogP contribution in [0.4, 0.5) is 0 Å². The Hall–Kier alpha value is -1.94. The van der Waals surface area contributed by atoms with E-state index in [9.17, 15) is 0 Å². The normalized spacial score (nSPS) is 11.4. The van der Waals surface area contributed by atoms with E-state index >= 15 is 0 Å². The Labute approximate surface area is 113 Å². The minimum atomic E-state index is 0.00773. The summed E-state index contributed by atoms with van der Waals surface area (Å²) in [5, 5.41) is 0. The number of hydrogen-bond acceptors (Lipinski definition) is 4. The molecule has 19 heavy (non-hydrogen) atoms. The van der Waals surface area contributed by atoms with Gasteiger partial charge in [0.1, 0.15) is 5.75 Å². The topological polar surface area (TPSA) is 61.0 Å². The molecule has 0 amide bonds. The van der Waals surface area contributed by atoms with Crippen LogP contribution in [0.1, 0.15) is 31.9 Å². The van der Waals surface area contributed by atoms with E-state index in [1.54, 1.807) is 12.4 Å². The zero-order valence-electron chi connectivity index (χ0n) is 11.6. The molecule has 0 aliphatic carbocycles. The van der Waals surface area contributed by atoms with E-state index in [1.807, 2.05) is 18.2 Å². The van der Waals surface area contributed by atoms with Crippen molar-refractivity contribution >= 4 is 0 Å². The second-order valence-corrected chi connectivity index (χ2v) is 5.43. The molecule has 2 N–H and O–H groups in total. The highest BCUT2D eigenvalue weighted by Crippen LogP contribution is 2.32. The van der Waals surface area contributed by atoms with Crippen molar-refractivity contribution in [2.75, 3.05) is 0 Å². The molecule has 0 aliphatic heterocycles. The Bertz CT molecular complexity index is 544. The smallest absolute Gasteiger partial charge is 0.321 e. The molecule has 2 aromatic rings. The second kappa shape index (κ2) is 5.36. The van der Waals surface area contributed by atoms with Gasteiger partial charge in [0.25, 0.3) is 0 Å². The van der Waals surface area contributed by atoms with E-state index in [0.29, 0.717) is 12.6 Å². The van der Waals surface area contributed by atoms with Gasteiger partial charge in [-0.3, -0.25) is 0 Å². The zero-order chi connectivity index (χ0) is 13.9. The van der Waals surface area contributed by atoms with Crippen molar-refractivity contribution in [3.8, 4) is 11.8 Å². The number of rotatable bonds is 3. The predicted molar refractivity (Wildman–Crippen MR) is 75.1 cm³/mol. The molecule has 0 aliphatic rings. The SMILES string of the molecule is CC(C)(C)c1ccccc1Oc1ncc(CN)cn1. The van der Waals surface area contributed by atoms with Crippen LogP contribution in [0.5, 0.6) is 11.8 Å². The van der Waals surface area contributed by atoms with E-state index in [4.69, 9.17) is 10.5 Å². The predicted octanol–water partition coefficient (Wildman–Crippen LogP) is 3.03. The molecule has 4 heteroatoms. The van der Waals surface area contributed by atoms with E-state index in [1.165, 1.54) is 0 Å². The van der Waals surface area contributed by atoms with E-state index < -0.39 is 0 Å². The van der Waals surface area contributed by atoms with Gasteiger partial charge in [-0.25, -0.2) is 9.97 Å². The average molecular weight is 257 g/mol. The molecule has 0 atom stereocenters. The summed E-state index contributed by atoms with van der Waals surface area (Å²) in [6.07, 6.45) is 3.37. The molecule has 1 heterocycles. The lowest BCUT2D eigenvalue weighted by Crippen LogP contribution is -2.12. The van der Waals surface area contributed by atoms with Gasteiger partial charge in [-0.05, 0) is 11.5 Å². The monoisotopic (exact) mass is 257 g/mol. The van der Waals surface area contributed by atoms with Crippen molar-refractivity contribution in [1.29, 1.82) is 0 Å². The summed E-state index contributed by atoms with van der Waals surface area (Å²) in [5.41, 5.74) is 7.53. The molecule has 4 nitrogen and oxygen atoms in total. The van der Waals surface area contributed by atoms with Crippen LogP contribution < -0.4 is 10.5 Å². The third kappa shape index (κ3) is 3.29. The molecule has 0 bridgehead atoms. The molecule has 0 unspecified atom stereocenters. The second-order valence-electron chi connectivity index (χ2n) is 5.43. The van der Waals surface area contributed by atoms with Crippen molar-refractivity contribution in [2.45, 2.75) is 32.7 Å². The van der Waals surface area contributed by atoms with E-state index in [2.05, 4.69) is 36.8 Å². The minimum absolute atomic E-state index is 0.00773. The van der Waals surface area contributed by atoms with Gasteiger partial charge in [0.2, 0.25) is 0 Å². The van der Waals surface area contributed by atoms with Crippen molar-refractivity contribution in [1.82, 2.24) is 9.97 Å². The lowest BCUT2D eigenvalue weighted by molar-refractivity contribution is 0.422. The summed E-state index contributed by atoms with van der Waals surface area (Å²) in [5.74, 6) is 0.787. The van der Waals surface area contributed by atoms with Gasteiger partial charge in [-0.2, -0.15) is 0 Å². The molecule has 0 saturated heterocycles. The Morgan fingerprint density at radius 1 is 1.11 bits per heavy atom. The Morgan fingerprint density at radius 2 is 1.74 bits per heavy atom.